The van der Waals surface area contributed by atoms with Crippen molar-refractivity contribution in [1.82, 2.24) is 34.3 Å². The fourth-order valence-electron chi connectivity index (χ4n) is 2.12. The van der Waals surface area contributed by atoms with E-state index in [1.807, 2.05) is 58.1 Å². The molecule has 0 aromatic carbocycles. The Hall–Kier alpha value is -2.77. The van der Waals surface area contributed by atoms with E-state index in [1.165, 1.54) is 0 Å². The van der Waals surface area contributed by atoms with Gasteiger partial charge in [-0.3, -0.25) is 0 Å². The third-order valence-corrected chi connectivity index (χ3v) is 3.20. The van der Waals surface area contributed by atoms with Crippen LogP contribution < -0.4 is 4.90 Å². The highest BCUT2D eigenvalue weighted by atomic mass is 15.4. The Balaban J connectivity index is 1.94. The third-order valence-electron chi connectivity index (χ3n) is 3.20. The smallest absolute Gasteiger partial charge is 0.253 e. The number of hydrogen-bond donors (Lipinski definition) is 0. The number of aromatic nitrogens is 7. The zero-order chi connectivity index (χ0) is 15.9. The lowest BCUT2D eigenvalue weighted by atomic mass is 10.4. The first kappa shape index (κ1) is 14.2. The maximum Gasteiger partial charge on any atom is 0.253 e. The predicted molar refractivity (Wildman–Crippen MR) is 84.5 cm³/mol. The maximum atomic E-state index is 4.43. The lowest BCUT2D eigenvalue weighted by molar-refractivity contribution is 0.753. The van der Waals surface area contributed by atoms with E-state index in [0.717, 1.165) is 17.2 Å². The molecule has 0 saturated heterocycles. The Kier molecular flexibility index (Phi) is 3.36. The van der Waals surface area contributed by atoms with Crippen LogP contribution in [-0.2, 0) is 7.05 Å². The second kappa shape index (κ2) is 5.21. The molecule has 8 heteroatoms. The van der Waals surface area contributed by atoms with Gasteiger partial charge in [0.1, 0.15) is 0 Å². The summed E-state index contributed by atoms with van der Waals surface area (Å²) in [6.07, 6.45) is 3.66. The molecule has 0 aliphatic carbocycles. The van der Waals surface area contributed by atoms with Gasteiger partial charge in [-0.05, 0) is 32.1 Å². The van der Waals surface area contributed by atoms with Gasteiger partial charge < -0.3 is 4.90 Å². The van der Waals surface area contributed by atoms with E-state index in [0.29, 0.717) is 17.6 Å². The molecule has 0 aliphatic heterocycles. The van der Waals surface area contributed by atoms with Crippen LogP contribution in [0.3, 0.4) is 0 Å². The highest BCUT2D eigenvalue weighted by molar-refractivity contribution is 5.64. The summed E-state index contributed by atoms with van der Waals surface area (Å²) < 4.78 is 3.45. The number of anilines is 1. The Morgan fingerprint density at radius 2 is 1.82 bits per heavy atom. The van der Waals surface area contributed by atoms with Gasteiger partial charge >= 0.3 is 0 Å². The van der Waals surface area contributed by atoms with Crippen LogP contribution in [0, 0.1) is 13.8 Å². The molecule has 3 heterocycles. The van der Waals surface area contributed by atoms with Crippen LogP contribution >= 0.6 is 0 Å². The van der Waals surface area contributed by atoms with Crippen molar-refractivity contribution in [3.05, 3.63) is 29.1 Å². The van der Waals surface area contributed by atoms with Crippen molar-refractivity contribution in [1.29, 1.82) is 0 Å². The van der Waals surface area contributed by atoms with E-state index in [2.05, 4.69) is 25.1 Å². The topological polar surface area (TPSA) is 77.0 Å². The third kappa shape index (κ3) is 2.54. The quantitative estimate of drug-likeness (QED) is 0.721. The summed E-state index contributed by atoms with van der Waals surface area (Å²) in [6, 6.07) is 1.97. The number of rotatable bonds is 3. The molecule has 114 valence electrons. The summed E-state index contributed by atoms with van der Waals surface area (Å²) in [7, 11) is 5.67. The molecule has 0 fully saturated rings. The molecule has 3 aromatic heterocycles. The predicted octanol–water partition coefficient (Wildman–Crippen LogP) is 1.11. The Labute approximate surface area is 128 Å². The highest BCUT2D eigenvalue weighted by Gasteiger charge is 2.08. The van der Waals surface area contributed by atoms with Gasteiger partial charge in [0.15, 0.2) is 11.6 Å². The van der Waals surface area contributed by atoms with Crippen LogP contribution in [0.25, 0.3) is 17.9 Å². The molecule has 0 amide bonds. The minimum Gasteiger partial charge on any atom is -0.346 e. The van der Waals surface area contributed by atoms with Crippen LogP contribution in [0.1, 0.15) is 23.0 Å². The standard InChI is InChI=1S/C14H18N8/c1-9-8-10(2)22-13(15-9)16-11(18-22)6-7-12-17-14(20(3)4)19-21(12)5/h6-8H,1-5H3/b7-6+. The molecule has 8 nitrogen and oxygen atoms in total. The minimum absolute atomic E-state index is 0.593. The molecule has 0 saturated carbocycles. The van der Waals surface area contributed by atoms with Gasteiger partial charge in [-0.25, -0.2) is 14.2 Å². The summed E-state index contributed by atoms with van der Waals surface area (Å²) in [5, 5.41) is 8.74. The molecule has 0 radical (unpaired) electrons. The average molecular weight is 298 g/mol. The molecule has 3 aromatic rings. The monoisotopic (exact) mass is 298 g/mol. The Morgan fingerprint density at radius 3 is 2.50 bits per heavy atom. The molecule has 22 heavy (non-hydrogen) atoms. The molecular formula is C14H18N8. The molecule has 0 spiro atoms. The van der Waals surface area contributed by atoms with E-state index in [9.17, 15) is 0 Å². The molecular weight excluding hydrogens is 280 g/mol. The number of hydrogen-bond acceptors (Lipinski definition) is 6. The highest BCUT2D eigenvalue weighted by Crippen LogP contribution is 2.10. The average Bonchev–Trinajstić information content (AvgIpc) is 3.00. The van der Waals surface area contributed by atoms with Crippen LogP contribution in [0.2, 0.25) is 0 Å². The van der Waals surface area contributed by atoms with E-state index >= 15 is 0 Å². The van der Waals surface area contributed by atoms with E-state index < -0.39 is 0 Å². The van der Waals surface area contributed by atoms with Crippen molar-refractivity contribution in [3.63, 3.8) is 0 Å². The van der Waals surface area contributed by atoms with Crippen molar-refractivity contribution < 1.29 is 0 Å². The molecule has 0 atom stereocenters. The minimum atomic E-state index is 0.593. The fourth-order valence-corrected chi connectivity index (χ4v) is 2.12. The summed E-state index contributed by atoms with van der Waals surface area (Å²) in [6.45, 7) is 3.93. The maximum absolute atomic E-state index is 4.43. The van der Waals surface area contributed by atoms with E-state index in [-0.39, 0.29) is 0 Å². The van der Waals surface area contributed by atoms with E-state index in [4.69, 9.17) is 0 Å². The van der Waals surface area contributed by atoms with Gasteiger partial charge in [-0.1, -0.05) is 0 Å². The molecule has 0 bridgehead atoms. The van der Waals surface area contributed by atoms with Crippen molar-refractivity contribution in [3.8, 4) is 0 Å². The Morgan fingerprint density at radius 1 is 1.05 bits per heavy atom. The number of nitrogens with zero attached hydrogens (tertiary/aromatic N) is 8. The summed E-state index contributed by atoms with van der Waals surface area (Å²) >= 11 is 0. The molecule has 0 N–H and O–H groups in total. The fraction of sp³-hybridized carbons (Fsp3) is 0.357. The summed E-state index contributed by atoms with van der Waals surface area (Å²) in [5.74, 6) is 2.60. The summed E-state index contributed by atoms with van der Waals surface area (Å²) in [5.41, 5.74) is 1.93. The SMILES string of the molecule is Cc1cc(C)n2nc(/C=C/c3nc(N(C)C)nn3C)nc2n1. The lowest BCUT2D eigenvalue weighted by Gasteiger charge is -2.03. The van der Waals surface area contributed by atoms with Crippen molar-refractivity contribution in [2.24, 2.45) is 7.05 Å². The molecule has 3 rings (SSSR count). The largest absolute Gasteiger partial charge is 0.346 e. The molecule has 0 aliphatic rings. The van der Waals surface area contributed by atoms with Crippen LogP contribution in [0.15, 0.2) is 6.07 Å². The van der Waals surface area contributed by atoms with Crippen molar-refractivity contribution >= 4 is 23.9 Å². The van der Waals surface area contributed by atoms with Gasteiger partial charge in [-0.2, -0.15) is 9.97 Å². The van der Waals surface area contributed by atoms with Crippen LogP contribution in [-0.4, -0.2) is 48.4 Å². The first-order valence-electron chi connectivity index (χ1n) is 6.91. The van der Waals surface area contributed by atoms with Gasteiger partial charge in [-0.15, -0.1) is 10.2 Å². The van der Waals surface area contributed by atoms with Gasteiger partial charge in [0.2, 0.25) is 5.95 Å². The normalized spacial score (nSPS) is 11.7. The van der Waals surface area contributed by atoms with Crippen LogP contribution in [0.5, 0.6) is 0 Å². The van der Waals surface area contributed by atoms with Gasteiger partial charge in [0, 0.05) is 32.5 Å². The Bertz CT molecular complexity index is 855. The number of aryl methyl sites for hydroxylation is 3. The second-order valence-corrected chi connectivity index (χ2v) is 5.34. The second-order valence-electron chi connectivity index (χ2n) is 5.34. The van der Waals surface area contributed by atoms with Gasteiger partial charge in [0.25, 0.3) is 5.78 Å². The first-order valence-corrected chi connectivity index (χ1v) is 6.91. The summed E-state index contributed by atoms with van der Waals surface area (Å²) in [4.78, 5) is 15.1. The van der Waals surface area contributed by atoms with Crippen molar-refractivity contribution in [2.75, 3.05) is 19.0 Å². The molecule has 0 unspecified atom stereocenters. The zero-order valence-electron chi connectivity index (χ0n) is 13.3. The van der Waals surface area contributed by atoms with Crippen LogP contribution in [0.4, 0.5) is 5.95 Å². The van der Waals surface area contributed by atoms with Gasteiger partial charge in [0.05, 0.1) is 0 Å². The first-order chi connectivity index (χ1) is 10.4. The number of fused-ring (bicyclic) bond motifs is 1. The zero-order valence-corrected chi connectivity index (χ0v) is 13.3. The lowest BCUT2D eigenvalue weighted by Crippen LogP contribution is -2.10. The van der Waals surface area contributed by atoms with Crippen molar-refractivity contribution in [2.45, 2.75) is 13.8 Å². The van der Waals surface area contributed by atoms with E-state index in [1.54, 1.807) is 9.20 Å².